The maximum absolute atomic E-state index is 12.8. The molecule has 2 aromatic heterocycles. The molecule has 4 N–H and O–H groups in total. The van der Waals surface area contributed by atoms with Gasteiger partial charge in [0.1, 0.15) is 34.6 Å². The van der Waals surface area contributed by atoms with E-state index in [-0.39, 0.29) is 27.7 Å². The molecule has 0 saturated carbocycles. The molecule has 0 bridgehead atoms. The van der Waals surface area contributed by atoms with Crippen molar-refractivity contribution in [3.05, 3.63) is 40.0 Å². The van der Waals surface area contributed by atoms with Crippen molar-refractivity contribution >= 4 is 44.5 Å². The second-order valence-electron chi connectivity index (χ2n) is 7.24. The number of benzene rings is 1. The van der Waals surface area contributed by atoms with Gasteiger partial charge in [-0.05, 0) is 12.1 Å². The number of ether oxygens (including phenoxy) is 2. The van der Waals surface area contributed by atoms with Gasteiger partial charge in [-0.25, -0.2) is 14.8 Å². The summed E-state index contributed by atoms with van der Waals surface area (Å²) in [6.45, 7) is -0.682. The normalized spacial score (nSPS) is 23.2. The minimum absolute atomic E-state index is 0.0188. The van der Waals surface area contributed by atoms with Crippen molar-refractivity contribution in [1.29, 1.82) is 0 Å². The molecule has 1 aromatic carbocycles. The van der Waals surface area contributed by atoms with Crippen molar-refractivity contribution < 1.29 is 45.5 Å². The maximum atomic E-state index is 12.8. The van der Waals surface area contributed by atoms with Crippen LogP contribution in [0, 0.1) is 0 Å². The Morgan fingerprint density at radius 2 is 1.89 bits per heavy atom. The average molecular weight is 560 g/mol. The van der Waals surface area contributed by atoms with E-state index in [1.165, 1.54) is 12.1 Å². The van der Waals surface area contributed by atoms with Crippen LogP contribution >= 0.6 is 23.2 Å². The van der Waals surface area contributed by atoms with Crippen LogP contribution in [0.15, 0.2) is 24.4 Å². The Labute approximate surface area is 204 Å². The Morgan fingerprint density at radius 1 is 1.17 bits per heavy atom. The molecule has 3 aromatic rings. The summed E-state index contributed by atoms with van der Waals surface area (Å²) in [4.78, 5) is 3.58. The SMILES string of the molecule is NS(=O)(=O)OC[C@H]1O[C@@H](n2nnc3cc(Cl)c(Oc4ncc(C(F)(F)F)cc4Cl)cc32)[C@H](O)[C@@H]1O. The highest BCUT2D eigenvalue weighted by Crippen LogP contribution is 2.39. The molecule has 4 atom stereocenters. The summed E-state index contributed by atoms with van der Waals surface area (Å²) in [6.07, 6.45) is -9.91. The number of aliphatic hydroxyl groups is 2. The van der Waals surface area contributed by atoms with E-state index in [2.05, 4.69) is 19.5 Å². The fraction of sp³-hybridized carbons (Fsp3) is 0.353. The smallest absolute Gasteiger partial charge is 0.417 e. The third-order valence-corrected chi connectivity index (χ3v) is 5.87. The zero-order valence-corrected chi connectivity index (χ0v) is 19.3. The van der Waals surface area contributed by atoms with Crippen LogP contribution in [0.2, 0.25) is 10.0 Å². The minimum atomic E-state index is -4.66. The minimum Gasteiger partial charge on any atom is -0.436 e. The van der Waals surface area contributed by atoms with Crippen LogP contribution < -0.4 is 9.88 Å². The fourth-order valence-corrected chi connectivity index (χ4v) is 3.92. The number of nitrogens with two attached hydrogens (primary N) is 1. The Kier molecular flexibility index (Phi) is 6.84. The summed E-state index contributed by atoms with van der Waals surface area (Å²) >= 11 is 12.1. The number of fused-ring (bicyclic) bond motifs is 1. The first-order valence-corrected chi connectivity index (χ1v) is 11.6. The highest BCUT2D eigenvalue weighted by atomic mass is 35.5. The lowest BCUT2D eigenvalue weighted by Gasteiger charge is -2.16. The molecule has 0 unspecified atom stereocenters. The van der Waals surface area contributed by atoms with E-state index >= 15 is 0 Å². The Morgan fingerprint density at radius 3 is 2.51 bits per heavy atom. The molecule has 0 radical (unpaired) electrons. The van der Waals surface area contributed by atoms with Gasteiger partial charge < -0.3 is 19.7 Å². The van der Waals surface area contributed by atoms with Crippen LogP contribution in [0.1, 0.15) is 11.8 Å². The molecule has 0 spiro atoms. The van der Waals surface area contributed by atoms with Crippen molar-refractivity contribution in [2.75, 3.05) is 6.61 Å². The molecule has 4 rings (SSSR count). The predicted molar refractivity (Wildman–Crippen MR) is 112 cm³/mol. The first kappa shape index (κ1) is 25.8. The van der Waals surface area contributed by atoms with E-state index in [1.54, 1.807) is 0 Å². The van der Waals surface area contributed by atoms with Gasteiger partial charge in [0.05, 0.1) is 22.7 Å². The first-order chi connectivity index (χ1) is 16.2. The topological polar surface area (TPSA) is 172 Å². The van der Waals surface area contributed by atoms with Gasteiger partial charge in [0.2, 0.25) is 5.88 Å². The number of rotatable bonds is 6. The highest BCUT2D eigenvalue weighted by Gasteiger charge is 2.45. The number of aromatic nitrogens is 4. The molecule has 1 aliphatic rings. The summed E-state index contributed by atoms with van der Waals surface area (Å²) < 4.78 is 77.0. The third kappa shape index (κ3) is 5.44. The first-order valence-electron chi connectivity index (χ1n) is 9.38. The molecule has 18 heteroatoms. The number of halogens is 5. The summed E-state index contributed by atoms with van der Waals surface area (Å²) in [5.41, 5.74) is -0.717. The van der Waals surface area contributed by atoms with Gasteiger partial charge in [0.25, 0.3) is 0 Å². The largest absolute Gasteiger partial charge is 0.436 e. The summed E-state index contributed by atoms with van der Waals surface area (Å²) in [6, 6.07) is 3.23. The fourth-order valence-electron chi connectivity index (χ4n) is 3.20. The Balaban J connectivity index is 1.63. The van der Waals surface area contributed by atoms with Gasteiger partial charge in [-0.3, -0.25) is 4.18 Å². The standard InChI is InChI=1S/C17H14Cl2F3N5O7S/c18-7-2-9-10(3-11(7)33-15-8(19)1-6(4-24-15)17(20,21)22)27(26-25-9)16-14(29)13(28)12(34-16)5-32-35(23,30)31/h1-4,12-14,16,28-29H,5H2,(H2,23,30,31)/t12-,13-,14-,16-/m1/s1. The molecular formula is C17H14Cl2F3N5O7S. The van der Waals surface area contributed by atoms with Crippen molar-refractivity contribution in [3.63, 3.8) is 0 Å². The van der Waals surface area contributed by atoms with Gasteiger partial charge in [0, 0.05) is 12.3 Å². The molecule has 12 nitrogen and oxygen atoms in total. The summed E-state index contributed by atoms with van der Waals surface area (Å²) in [5.74, 6) is -0.466. The predicted octanol–water partition coefficient (Wildman–Crippen LogP) is 1.78. The van der Waals surface area contributed by atoms with Crippen LogP contribution in [-0.2, 0) is 25.4 Å². The van der Waals surface area contributed by atoms with Crippen LogP contribution in [-0.4, -0.2) is 63.5 Å². The van der Waals surface area contributed by atoms with E-state index in [1.807, 2.05) is 0 Å². The second kappa shape index (κ2) is 9.29. The summed E-state index contributed by atoms with van der Waals surface area (Å²) in [7, 11) is -4.33. The monoisotopic (exact) mass is 559 g/mol. The summed E-state index contributed by atoms with van der Waals surface area (Å²) in [5, 5.41) is 32.6. The van der Waals surface area contributed by atoms with E-state index in [4.69, 9.17) is 37.8 Å². The van der Waals surface area contributed by atoms with E-state index in [0.717, 1.165) is 4.68 Å². The lowest BCUT2D eigenvalue weighted by molar-refractivity contribution is -0.137. The highest BCUT2D eigenvalue weighted by molar-refractivity contribution is 7.84. The van der Waals surface area contributed by atoms with Crippen molar-refractivity contribution in [1.82, 2.24) is 20.0 Å². The van der Waals surface area contributed by atoms with Crippen molar-refractivity contribution in [2.45, 2.75) is 30.7 Å². The van der Waals surface area contributed by atoms with Crippen LogP contribution in [0.25, 0.3) is 11.0 Å². The van der Waals surface area contributed by atoms with Gasteiger partial charge in [-0.2, -0.15) is 21.6 Å². The molecule has 190 valence electrons. The Bertz CT molecular complexity index is 1370. The number of alkyl halides is 3. The number of aliphatic hydroxyl groups excluding tert-OH is 2. The molecular weight excluding hydrogens is 546 g/mol. The maximum Gasteiger partial charge on any atom is 0.417 e. The molecule has 1 fully saturated rings. The van der Waals surface area contributed by atoms with E-state index < -0.39 is 58.2 Å². The second-order valence-corrected chi connectivity index (χ2v) is 9.28. The number of hydrogen-bond donors (Lipinski definition) is 3. The van der Waals surface area contributed by atoms with Gasteiger partial charge in [-0.15, -0.1) is 5.10 Å². The van der Waals surface area contributed by atoms with Crippen LogP contribution in [0.5, 0.6) is 11.6 Å². The van der Waals surface area contributed by atoms with Gasteiger partial charge in [0.15, 0.2) is 6.23 Å². The molecule has 1 saturated heterocycles. The molecule has 1 aliphatic heterocycles. The lowest BCUT2D eigenvalue weighted by Crippen LogP contribution is -2.35. The molecule has 3 heterocycles. The van der Waals surface area contributed by atoms with Crippen molar-refractivity contribution in [2.24, 2.45) is 5.14 Å². The van der Waals surface area contributed by atoms with Gasteiger partial charge in [-0.1, -0.05) is 28.4 Å². The van der Waals surface area contributed by atoms with E-state index in [0.29, 0.717) is 12.3 Å². The molecule has 0 aliphatic carbocycles. The third-order valence-electron chi connectivity index (χ3n) is 4.84. The average Bonchev–Trinajstić information content (AvgIpc) is 3.27. The zero-order valence-electron chi connectivity index (χ0n) is 16.9. The number of nitrogens with zero attached hydrogens (tertiary/aromatic N) is 4. The van der Waals surface area contributed by atoms with Gasteiger partial charge >= 0.3 is 16.5 Å². The van der Waals surface area contributed by atoms with Crippen LogP contribution in [0.4, 0.5) is 13.2 Å². The molecule has 35 heavy (non-hydrogen) atoms. The van der Waals surface area contributed by atoms with Crippen LogP contribution in [0.3, 0.4) is 0 Å². The zero-order chi connectivity index (χ0) is 25.7. The van der Waals surface area contributed by atoms with E-state index in [9.17, 15) is 31.8 Å². The van der Waals surface area contributed by atoms with Crippen molar-refractivity contribution in [3.8, 4) is 11.6 Å². The number of pyridine rings is 1. The quantitative estimate of drug-likeness (QED) is 0.404. The lowest BCUT2D eigenvalue weighted by atomic mass is 10.1. The number of hydrogen-bond acceptors (Lipinski definition) is 10. The molecule has 0 amide bonds. The Hall–Kier alpha value is -2.31.